The van der Waals surface area contributed by atoms with Crippen molar-refractivity contribution in [3.8, 4) is 0 Å². The summed E-state index contributed by atoms with van der Waals surface area (Å²) in [5.41, 5.74) is 6.34. The molecule has 1 aromatic carbocycles. The van der Waals surface area contributed by atoms with Crippen molar-refractivity contribution in [3.63, 3.8) is 0 Å². The van der Waals surface area contributed by atoms with E-state index < -0.39 is 14.0 Å². The third kappa shape index (κ3) is 4.93. The van der Waals surface area contributed by atoms with Gasteiger partial charge in [0, 0.05) is 37.6 Å². The second-order valence-corrected chi connectivity index (χ2v) is 14.1. The molecule has 1 aliphatic heterocycles. The van der Waals surface area contributed by atoms with Gasteiger partial charge in [-0.25, -0.2) is 9.78 Å². The number of hydrogen-bond donors (Lipinski definition) is 2. The molecule has 3 N–H and O–H groups in total. The minimum Gasteiger partial charge on any atom is -0.366 e. The monoisotopic (exact) mass is 445 g/mol. The average Bonchev–Trinajstić information content (AvgIpc) is 2.67. The van der Waals surface area contributed by atoms with Crippen molar-refractivity contribution in [2.24, 2.45) is 5.73 Å². The molecule has 0 saturated carbocycles. The molecule has 9 heteroatoms. The van der Waals surface area contributed by atoms with Crippen LogP contribution in [0.5, 0.6) is 0 Å². The largest absolute Gasteiger partial charge is 0.366 e. The fraction of sp³-hybridized carbons (Fsp3) is 0.381. The molecule has 1 fully saturated rings. The van der Waals surface area contributed by atoms with Crippen LogP contribution in [0.3, 0.4) is 0 Å². The maximum atomic E-state index is 12.8. The summed E-state index contributed by atoms with van der Waals surface area (Å²) in [6, 6.07) is 9.52. The number of carbonyl (C=O) groups excluding carboxylic acids is 2. The van der Waals surface area contributed by atoms with Gasteiger partial charge in [0.05, 0.1) is 18.7 Å². The molecule has 1 unspecified atom stereocenters. The average molecular weight is 446 g/mol. The predicted molar refractivity (Wildman–Crippen MR) is 125 cm³/mol. The number of benzene rings is 1. The highest BCUT2D eigenvalue weighted by atomic mass is 35.5. The lowest BCUT2D eigenvalue weighted by Gasteiger charge is -2.40. The second-order valence-electron chi connectivity index (χ2n) is 8.64. The van der Waals surface area contributed by atoms with Crippen LogP contribution in [0.1, 0.15) is 17.3 Å². The lowest BCUT2D eigenvalue weighted by Crippen LogP contribution is -2.55. The number of nitrogens with one attached hydrogen (secondary N) is 1. The molecular formula is C21H28ClN5O2Si. The van der Waals surface area contributed by atoms with E-state index in [9.17, 15) is 9.59 Å². The van der Waals surface area contributed by atoms with Gasteiger partial charge in [0.1, 0.15) is 5.82 Å². The lowest BCUT2D eigenvalue weighted by molar-refractivity contribution is 0.1000. The van der Waals surface area contributed by atoms with Crippen LogP contribution < -0.4 is 21.1 Å². The van der Waals surface area contributed by atoms with Crippen molar-refractivity contribution in [2.45, 2.75) is 32.6 Å². The Hall–Kier alpha value is -2.58. The molecule has 30 heavy (non-hydrogen) atoms. The lowest BCUT2D eigenvalue weighted by atomic mass is 10.2. The summed E-state index contributed by atoms with van der Waals surface area (Å²) < 4.78 is 0. The Morgan fingerprint density at radius 2 is 1.87 bits per heavy atom. The number of piperazine rings is 1. The maximum Gasteiger partial charge on any atom is 0.322 e. The van der Waals surface area contributed by atoms with Crippen LogP contribution in [0.2, 0.25) is 24.7 Å². The number of halogens is 1. The zero-order valence-corrected chi connectivity index (χ0v) is 19.5. The first-order chi connectivity index (χ1) is 14.1. The SMILES string of the molecule is CC1CN(c2ncc(C(N)=O)cc2Cl)CCN1C(=O)Nc1ccc([Si](C)(C)C)cc1. The normalized spacial score (nSPS) is 17.0. The molecule has 2 aromatic rings. The number of anilines is 2. The van der Waals surface area contributed by atoms with E-state index in [2.05, 4.69) is 42.1 Å². The first kappa shape index (κ1) is 22.1. The van der Waals surface area contributed by atoms with Crippen molar-refractivity contribution in [2.75, 3.05) is 29.9 Å². The van der Waals surface area contributed by atoms with Crippen LogP contribution in [0.25, 0.3) is 0 Å². The van der Waals surface area contributed by atoms with Gasteiger partial charge in [-0.3, -0.25) is 4.79 Å². The first-order valence-corrected chi connectivity index (χ1v) is 13.8. The summed E-state index contributed by atoms with van der Waals surface area (Å²) in [6.45, 7) is 10.6. The number of carbonyl (C=O) groups is 2. The minimum atomic E-state index is -1.36. The molecule has 0 aliphatic carbocycles. The number of nitrogens with two attached hydrogens (primary N) is 1. The van der Waals surface area contributed by atoms with Gasteiger partial charge in [0.15, 0.2) is 0 Å². The van der Waals surface area contributed by atoms with Gasteiger partial charge in [0.25, 0.3) is 0 Å². The van der Waals surface area contributed by atoms with Gasteiger partial charge >= 0.3 is 6.03 Å². The Kier molecular flexibility index (Phi) is 6.38. The quantitative estimate of drug-likeness (QED) is 0.707. The molecule has 0 spiro atoms. The van der Waals surface area contributed by atoms with Gasteiger partial charge in [-0.05, 0) is 25.1 Å². The first-order valence-electron chi connectivity index (χ1n) is 9.94. The van der Waals surface area contributed by atoms with Crippen molar-refractivity contribution in [1.82, 2.24) is 9.88 Å². The van der Waals surface area contributed by atoms with E-state index in [1.807, 2.05) is 28.9 Å². The fourth-order valence-electron chi connectivity index (χ4n) is 3.50. The van der Waals surface area contributed by atoms with E-state index in [4.69, 9.17) is 17.3 Å². The Labute approximate surface area is 183 Å². The van der Waals surface area contributed by atoms with Crippen molar-refractivity contribution >= 4 is 48.3 Å². The zero-order valence-electron chi connectivity index (χ0n) is 17.8. The fourth-order valence-corrected chi connectivity index (χ4v) is 4.95. The molecule has 0 bridgehead atoms. The highest BCUT2D eigenvalue weighted by Gasteiger charge is 2.29. The number of amides is 3. The van der Waals surface area contributed by atoms with Crippen LogP contribution in [-0.4, -0.2) is 55.6 Å². The molecule has 3 amide bonds. The van der Waals surface area contributed by atoms with Gasteiger partial charge in [0.2, 0.25) is 5.91 Å². The van der Waals surface area contributed by atoms with E-state index in [0.717, 1.165) is 5.69 Å². The molecule has 1 saturated heterocycles. The number of hydrogen-bond acceptors (Lipinski definition) is 4. The van der Waals surface area contributed by atoms with E-state index in [-0.39, 0.29) is 17.6 Å². The van der Waals surface area contributed by atoms with Crippen LogP contribution in [0, 0.1) is 0 Å². The third-order valence-corrected chi connectivity index (χ3v) is 7.64. The Bertz CT molecular complexity index is 945. The van der Waals surface area contributed by atoms with E-state index in [1.165, 1.54) is 17.4 Å². The highest BCUT2D eigenvalue weighted by Crippen LogP contribution is 2.26. The Morgan fingerprint density at radius 3 is 2.40 bits per heavy atom. The van der Waals surface area contributed by atoms with Gasteiger partial charge in [-0.15, -0.1) is 0 Å². The standard InChI is InChI=1S/C21H28ClN5O2Si/c1-14-13-26(20-18(22)11-15(12-24-20)19(23)28)9-10-27(14)21(29)25-16-5-7-17(8-6-16)30(2,3)4/h5-8,11-12,14H,9-10,13H2,1-4H3,(H2,23,28)(H,25,29). The number of aromatic nitrogens is 1. The molecule has 3 rings (SSSR count). The topological polar surface area (TPSA) is 91.6 Å². The van der Waals surface area contributed by atoms with Crippen LogP contribution >= 0.6 is 11.6 Å². The van der Waals surface area contributed by atoms with Crippen molar-refractivity contribution in [3.05, 3.63) is 47.1 Å². The van der Waals surface area contributed by atoms with Gasteiger partial charge in [-0.2, -0.15) is 0 Å². The molecular weight excluding hydrogens is 418 g/mol. The van der Waals surface area contributed by atoms with Crippen molar-refractivity contribution in [1.29, 1.82) is 0 Å². The molecule has 1 atom stereocenters. The number of rotatable bonds is 4. The van der Waals surface area contributed by atoms with E-state index in [0.29, 0.717) is 30.5 Å². The van der Waals surface area contributed by atoms with Crippen LogP contribution in [-0.2, 0) is 0 Å². The summed E-state index contributed by atoms with van der Waals surface area (Å²) in [7, 11) is -1.36. The summed E-state index contributed by atoms with van der Waals surface area (Å²) in [4.78, 5) is 32.2. The van der Waals surface area contributed by atoms with Crippen molar-refractivity contribution < 1.29 is 9.59 Å². The van der Waals surface area contributed by atoms with E-state index >= 15 is 0 Å². The Balaban J connectivity index is 1.64. The minimum absolute atomic E-state index is 0.0336. The second kappa shape index (κ2) is 8.65. The molecule has 1 aromatic heterocycles. The highest BCUT2D eigenvalue weighted by molar-refractivity contribution is 6.88. The number of nitrogens with zero attached hydrogens (tertiary/aromatic N) is 3. The molecule has 7 nitrogen and oxygen atoms in total. The predicted octanol–water partition coefficient (Wildman–Crippen LogP) is 3.12. The molecule has 0 radical (unpaired) electrons. The number of urea groups is 1. The zero-order chi connectivity index (χ0) is 22.1. The summed E-state index contributed by atoms with van der Waals surface area (Å²) in [6.07, 6.45) is 1.43. The molecule has 160 valence electrons. The smallest absolute Gasteiger partial charge is 0.322 e. The molecule has 1 aliphatic rings. The van der Waals surface area contributed by atoms with Gasteiger partial charge in [-0.1, -0.05) is 48.6 Å². The number of pyridine rings is 1. The summed E-state index contributed by atoms with van der Waals surface area (Å²) >= 11 is 6.30. The van der Waals surface area contributed by atoms with Crippen LogP contribution in [0.15, 0.2) is 36.5 Å². The summed E-state index contributed by atoms with van der Waals surface area (Å²) in [5.74, 6) is 0.0270. The maximum absolute atomic E-state index is 12.8. The van der Waals surface area contributed by atoms with Gasteiger partial charge < -0.3 is 20.9 Å². The third-order valence-electron chi connectivity index (χ3n) is 5.30. The van der Waals surface area contributed by atoms with Crippen LogP contribution in [0.4, 0.5) is 16.3 Å². The molecule has 2 heterocycles. The summed E-state index contributed by atoms with van der Waals surface area (Å²) in [5, 5.41) is 4.73. The van der Waals surface area contributed by atoms with E-state index in [1.54, 1.807) is 0 Å². The Morgan fingerprint density at radius 1 is 1.20 bits per heavy atom. The number of primary amides is 1.